The smallest absolute Gasteiger partial charge is 0.133 e. The Hall–Kier alpha value is -1.65. The number of nitrogens with zero attached hydrogens (tertiary/aromatic N) is 4. The molecular formula is C13H22N4O. The van der Waals surface area contributed by atoms with Crippen molar-refractivity contribution in [1.82, 2.24) is 20.2 Å². The molecule has 0 aliphatic carbocycles. The van der Waals surface area contributed by atoms with Crippen LogP contribution in [0.1, 0.15) is 56.8 Å². The highest BCUT2D eigenvalue weighted by atomic mass is 16.5. The average Bonchev–Trinajstić information content (AvgIpc) is 2.88. The molecule has 2 rings (SSSR count). The maximum Gasteiger partial charge on any atom is 0.133 e. The van der Waals surface area contributed by atoms with Crippen LogP contribution < -0.4 is 0 Å². The van der Waals surface area contributed by atoms with Crippen LogP contribution in [-0.4, -0.2) is 20.2 Å². The molecule has 0 bridgehead atoms. The van der Waals surface area contributed by atoms with E-state index in [2.05, 4.69) is 43.2 Å². The molecule has 18 heavy (non-hydrogen) atoms. The van der Waals surface area contributed by atoms with Gasteiger partial charge in [0, 0.05) is 18.3 Å². The summed E-state index contributed by atoms with van der Waals surface area (Å²) in [6.07, 6.45) is 1.94. The second-order valence-corrected chi connectivity index (χ2v) is 4.95. The highest BCUT2D eigenvalue weighted by molar-refractivity contribution is 5.06. The van der Waals surface area contributed by atoms with E-state index in [-0.39, 0.29) is 0 Å². The molecule has 0 amide bonds. The van der Waals surface area contributed by atoms with Crippen LogP contribution in [0.3, 0.4) is 0 Å². The maximum atomic E-state index is 4.88. The van der Waals surface area contributed by atoms with E-state index in [1.165, 1.54) is 0 Å². The minimum Gasteiger partial charge on any atom is -0.361 e. The zero-order valence-corrected chi connectivity index (χ0v) is 12.0. The van der Waals surface area contributed by atoms with E-state index in [0.29, 0.717) is 12.0 Å². The summed E-state index contributed by atoms with van der Waals surface area (Å²) in [5.41, 5.74) is 2.01. The lowest BCUT2D eigenvalue weighted by Gasteiger charge is -2.00. The van der Waals surface area contributed by atoms with Gasteiger partial charge in [-0.25, -0.2) is 4.68 Å². The van der Waals surface area contributed by atoms with Crippen molar-refractivity contribution >= 4 is 0 Å². The van der Waals surface area contributed by atoms with Crippen LogP contribution in [0.25, 0.3) is 0 Å². The first-order chi connectivity index (χ1) is 8.40. The molecule has 0 aromatic carbocycles. The van der Waals surface area contributed by atoms with Gasteiger partial charge in [-0.2, -0.15) is 0 Å². The molecule has 5 nitrogen and oxygen atoms in total. The van der Waals surface area contributed by atoms with Gasteiger partial charge in [0.15, 0.2) is 0 Å². The first-order valence-corrected chi connectivity index (χ1v) is 6.21. The summed E-state index contributed by atoms with van der Waals surface area (Å²) < 4.78 is 6.72. The summed E-state index contributed by atoms with van der Waals surface area (Å²) in [6, 6.07) is 2.39. The normalized spacial score (nSPS) is 10.7. The Kier molecular flexibility index (Phi) is 5.07. The summed E-state index contributed by atoms with van der Waals surface area (Å²) in [7, 11) is 0. The zero-order chi connectivity index (χ0) is 13.7. The van der Waals surface area contributed by atoms with Gasteiger partial charge in [-0.3, -0.25) is 0 Å². The van der Waals surface area contributed by atoms with Gasteiger partial charge in [-0.05, 0) is 33.6 Å². The number of hydrogen-bond donors (Lipinski definition) is 0. The minimum atomic E-state index is 0.422. The first-order valence-electron chi connectivity index (χ1n) is 6.21. The predicted octanol–water partition coefficient (Wildman–Crippen LogP) is 3.27. The van der Waals surface area contributed by atoms with E-state index in [1.807, 2.05) is 30.8 Å². The van der Waals surface area contributed by atoms with Gasteiger partial charge in [-0.15, -0.1) is 5.10 Å². The van der Waals surface area contributed by atoms with E-state index in [0.717, 1.165) is 17.1 Å². The zero-order valence-electron chi connectivity index (χ0n) is 12.0. The quantitative estimate of drug-likeness (QED) is 0.820. The lowest BCUT2D eigenvalue weighted by molar-refractivity contribution is 0.388. The van der Waals surface area contributed by atoms with Crippen molar-refractivity contribution in [2.24, 2.45) is 0 Å². The SMILES string of the molecule is Cc1cc(C(C)C)no1.Cc1cn(C(C)C)nn1. The second kappa shape index (κ2) is 6.33. The summed E-state index contributed by atoms with van der Waals surface area (Å²) >= 11 is 0. The van der Waals surface area contributed by atoms with Crippen molar-refractivity contribution in [2.75, 3.05) is 0 Å². The Morgan fingerprint density at radius 1 is 1.17 bits per heavy atom. The van der Waals surface area contributed by atoms with Gasteiger partial charge in [-0.1, -0.05) is 24.2 Å². The highest BCUT2D eigenvalue weighted by Gasteiger charge is 2.02. The van der Waals surface area contributed by atoms with E-state index < -0.39 is 0 Å². The molecule has 0 radical (unpaired) electrons. The van der Waals surface area contributed by atoms with Crippen LogP contribution in [0.15, 0.2) is 16.8 Å². The number of aromatic nitrogens is 4. The molecule has 0 saturated carbocycles. The molecule has 100 valence electrons. The monoisotopic (exact) mass is 250 g/mol. The summed E-state index contributed by atoms with van der Waals surface area (Å²) in [4.78, 5) is 0. The molecule has 0 aliphatic heterocycles. The molecule has 0 aliphatic rings. The molecule has 0 atom stereocenters. The summed E-state index contributed by atoms with van der Waals surface area (Å²) in [6.45, 7) is 12.2. The third kappa shape index (κ3) is 4.31. The van der Waals surface area contributed by atoms with Gasteiger partial charge in [0.05, 0.1) is 11.4 Å². The molecular weight excluding hydrogens is 228 g/mol. The fraction of sp³-hybridized carbons (Fsp3) is 0.615. The lowest BCUT2D eigenvalue weighted by Crippen LogP contribution is -2.00. The number of aryl methyl sites for hydroxylation is 2. The van der Waals surface area contributed by atoms with Crippen LogP contribution in [-0.2, 0) is 0 Å². The molecule has 0 saturated heterocycles. The van der Waals surface area contributed by atoms with Crippen molar-refractivity contribution in [2.45, 2.75) is 53.5 Å². The minimum absolute atomic E-state index is 0.422. The second-order valence-electron chi connectivity index (χ2n) is 4.95. The molecule has 2 aromatic rings. The fourth-order valence-corrected chi connectivity index (χ4v) is 1.28. The molecule has 0 spiro atoms. The third-order valence-corrected chi connectivity index (χ3v) is 2.39. The predicted molar refractivity (Wildman–Crippen MR) is 70.5 cm³/mol. The maximum absolute atomic E-state index is 4.88. The van der Waals surface area contributed by atoms with Crippen molar-refractivity contribution in [3.05, 3.63) is 29.4 Å². The molecule has 0 N–H and O–H groups in total. The van der Waals surface area contributed by atoms with Crippen LogP contribution in [0.4, 0.5) is 0 Å². The standard InChI is InChI=1S/C7H11NO.C6H11N3/c1-5(2)7-4-6(3)9-8-7;1-5(2)9-4-6(3)7-8-9/h2*4-5H,1-3H3. The van der Waals surface area contributed by atoms with Crippen LogP contribution in [0, 0.1) is 13.8 Å². The Morgan fingerprint density at radius 3 is 2.06 bits per heavy atom. The largest absolute Gasteiger partial charge is 0.361 e. The Morgan fingerprint density at radius 2 is 1.83 bits per heavy atom. The third-order valence-electron chi connectivity index (χ3n) is 2.39. The summed E-state index contributed by atoms with van der Waals surface area (Å²) in [5.74, 6) is 1.36. The van der Waals surface area contributed by atoms with Crippen LogP contribution in [0.5, 0.6) is 0 Å². The van der Waals surface area contributed by atoms with Gasteiger partial charge in [0.2, 0.25) is 0 Å². The van der Waals surface area contributed by atoms with Crippen molar-refractivity contribution in [3.8, 4) is 0 Å². The van der Waals surface area contributed by atoms with Crippen molar-refractivity contribution < 1.29 is 4.52 Å². The molecule has 0 fully saturated rings. The Bertz CT molecular complexity index is 427. The van der Waals surface area contributed by atoms with Crippen LogP contribution >= 0.6 is 0 Å². The highest BCUT2D eigenvalue weighted by Crippen LogP contribution is 2.12. The molecule has 0 unspecified atom stereocenters. The van der Waals surface area contributed by atoms with Crippen molar-refractivity contribution in [3.63, 3.8) is 0 Å². The van der Waals surface area contributed by atoms with Gasteiger partial charge >= 0.3 is 0 Å². The van der Waals surface area contributed by atoms with Crippen molar-refractivity contribution in [1.29, 1.82) is 0 Å². The van der Waals surface area contributed by atoms with Gasteiger partial charge < -0.3 is 4.52 Å². The molecule has 2 heterocycles. The number of rotatable bonds is 2. The molecule has 5 heteroatoms. The molecule has 2 aromatic heterocycles. The van der Waals surface area contributed by atoms with E-state index in [4.69, 9.17) is 4.52 Å². The Balaban J connectivity index is 0.000000180. The first kappa shape index (κ1) is 14.4. The van der Waals surface area contributed by atoms with E-state index >= 15 is 0 Å². The topological polar surface area (TPSA) is 56.7 Å². The van der Waals surface area contributed by atoms with Gasteiger partial charge in [0.25, 0.3) is 0 Å². The van der Waals surface area contributed by atoms with Gasteiger partial charge in [0.1, 0.15) is 5.76 Å². The average molecular weight is 250 g/mol. The van der Waals surface area contributed by atoms with E-state index in [1.54, 1.807) is 0 Å². The lowest BCUT2D eigenvalue weighted by atomic mass is 10.1. The number of hydrogen-bond acceptors (Lipinski definition) is 4. The summed E-state index contributed by atoms with van der Waals surface area (Å²) in [5, 5.41) is 11.6. The van der Waals surface area contributed by atoms with E-state index in [9.17, 15) is 0 Å². The van der Waals surface area contributed by atoms with Crippen LogP contribution in [0.2, 0.25) is 0 Å². The fourth-order valence-electron chi connectivity index (χ4n) is 1.28. The Labute approximate surface area is 108 Å².